The fourth-order valence-corrected chi connectivity index (χ4v) is 1.23. The number of hydrogen-bond acceptors (Lipinski definition) is 2. The lowest BCUT2D eigenvalue weighted by molar-refractivity contribution is 0.0665. The Labute approximate surface area is 82.8 Å². The van der Waals surface area contributed by atoms with E-state index in [2.05, 4.69) is 6.92 Å². The molecule has 80 valence electrons. The summed E-state index contributed by atoms with van der Waals surface area (Å²) in [4.78, 5) is 0. The summed E-state index contributed by atoms with van der Waals surface area (Å²) in [6, 6.07) is 0.235. The second-order valence-corrected chi connectivity index (χ2v) is 3.99. The standard InChI is InChI=1S/C11H25NO/c1-4-5-6-7-8-11(12)9-13-10(2)3/h10-11H,4-9,12H2,1-3H3. The van der Waals surface area contributed by atoms with E-state index in [9.17, 15) is 0 Å². The molecule has 0 aromatic heterocycles. The molecule has 1 unspecified atom stereocenters. The van der Waals surface area contributed by atoms with Gasteiger partial charge in [-0.1, -0.05) is 32.6 Å². The molecule has 0 saturated carbocycles. The molecule has 2 heteroatoms. The van der Waals surface area contributed by atoms with E-state index in [0.717, 1.165) is 6.42 Å². The first-order valence-electron chi connectivity index (χ1n) is 5.54. The van der Waals surface area contributed by atoms with Gasteiger partial charge in [-0.25, -0.2) is 0 Å². The summed E-state index contributed by atoms with van der Waals surface area (Å²) in [6.45, 7) is 7.03. The van der Waals surface area contributed by atoms with Gasteiger partial charge in [0.1, 0.15) is 0 Å². The van der Waals surface area contributed by atoms with Crippen molar-refractivity contribution in [2.75, 3.05) is 6.61 Å². The molecule has 0 radical (unpaired) electrons. The van der Waals surface area contributed by atoms with Crippen molar-refractivity contribution >= 4 is 0 Å². The molecule has 0 aliphatic carbocycles. The van der Waals surface area contributed by atoms with Gasteiger partial charge < -0.3 is 10.5 Å². The molecule has 2 nitrogen and oxygen atoms in total. The SMILES string of the molecule is CCCCCCC(N)COC(C)C. The zero-order valence-corrected chi connectivity index (χ0v) is 9.38. The van der Waals surface area contributed by atoms with E-state index < -0.39 is 0 Å². The third-order valence-electron chi connectivity index (χ3n) is 2.07. The highest BCUT2D eigenvalue weighted by Gasteiger charge is 2.03. The molecule has 0 aromatic carbocycles. The fourth-order valence-electron chi connectivity index (χ4n) is 1.23. The maximum absolute atomic E-state index is 5.88. The molecule has 0 spiro atoms. The van der Waals surface area contributed by atoms with Gasteiger partial charge in [-0.2, -0.15) is 0 Å². The van der Waals surface area contributed by atoms with E-state index >= 15 is 0 Å². The first-order chi connectivity index (χ1) is 6.16. The maximum atomic E-state index is 5.88. The zero-order valence-electron chi connectivity index (χ0n) is 9.38. The summed E-state index contributed by atoms with van der Waals surface area (Å²) in [7, 11) is 0. The molecule has 0 saturated heterocycles. The summed E-state index contributed by atoms with van der Waals surface area (Å²) in [5.41, 5.74) is 5.88. The van der Waals surface area contributed by atoms with Gasteiger partial charge in [0, 0.05) is 6.04 Å². The van der Waals surface area contributed by atoms with Crippen LogP contribution in [-0.2, 0) is 4.74 Å². The van der Waals surface area contributed by atoms with Crippen LogP contribution in [0, 0.1) is 0 Å². The van der Waals surface area contributed by atoms with Crippen molar-refractivity contribution in [3.05, 3.63) is 0 Å². The van der Waals surface area contributed by atoms with Crippen LogP contribution in [0.4, 0.5) is 0 Å². The van der Waals surface area contributed by atoms with Crippen molar-refractivity contribution in [2.45, 2.75) is 65.0 Å². The summed E-state index contributed by atoms with van der Waals surface area (Å²) in [5, 5.41) is 0. The average molecular weight is 187 g/mol. The normalized spacial score (nSPS) is 13.6. The van der Waals surface area contributed by atoms with Gasteiger partial charge >= 0.3 is 0 Å². The minimum absolute atomic E-state index is 0.235. The number of nitrogens with two attached hydrogens (primary N) is 1. The van der Waals surface area contributed by atoms with Crippen LogP contribution >= 0.6 is 0 Å². The van der Waals surface area contributed by atoms with Gasteiger partial charge in [0.15, 0.2) is 0 Å². The van der Waals surface area contributed by atoms with Crippen molar-refractivity contribution in [2.24, 2.45) is 5.73 Å². The van der Waals surface area contributed by atoms with Crippen LogP contribution in [-0.4, -0.2) is 18.8 Å². The Morgan fingerprint density at radius 3 is 2.38 bits per heavy atom. The Hall–Kier alpha value is -0.0800. The molecular formula is C11H25NO. The van der Waals surface area contributed by atoms with Crippen LogP contribution in [0.3, 0.4) is 0 Å². The minimum Gasteiger partial charge on any atom is -0.377 e. The average Bonchev–Trinajstić information content (AvgIpc) is 2.09. The third kappa shape index (κ3) is 9.84. The van der Waals surface area contributed by atoms with E-state index in [1.165, 1.54) is 25.7 Å². The Kier molecular flexibility index (Phi) is 8.46. The molecular weight excluding hydrogens is 162 g/mol. The van der Waals surface area contributed by atoms with E-state index in [-0.39, 0.29) is 6.04 Å². The quantitative estimate of drug-likeness (QED) is 0.593. The molecule has 0 heterocycles. The summed E-state index contributed by atoms with van der Waals surface area (Å²) in [5.74, 6) is 0. The zero-order chi connectivity index (χ0) is 10.1. The second kappa shape index (κ2) is 8.52. The Morgan fingerprint density at radius 1 is 1.15 bits per heavy atom. The molecule has 0 fully saturated rings. The molecule has 0 amide bonds. The van der Waals surface area contributed by atoms with Crippen LogP contribution in [0.5, 0.6) is 0 Å². The number of hydrogen-bond donors (Lipinski definition) is 1. The Balaban J connectivity index is 3.15. The van der Waals surface area contributed by atoms with Gasteiger partial charge in [0.2, 0.25) is 0 Å². The van der Waals surface area contributed by atoms with Gasteiger partial charge in [0.05, 0.1) is 12.7 Å². The van der Waals surface area contributed by atoms with Crippen LogP contribution in [0.1, 0.15) is 52.9 Å². The third-order valence-corrected chi connectivity index (χ3v) is 2.07. The Bertz CT molecular complexity index is 104. The van der Waals surface area contributed by atoms with Crippen molar-refractivity contribution in [1.82, 2.24) is 0 Å². The van der Waals surface area contributed by atoms with Gasteiger partial charge in [0.25, 0.3) is 0 Å². The lowest BCUT2D eigenvalue weighted by Crippen LogP contribution is -2.27. The topological polar surface area (TPSA) is 35.2 Å². The van der Waals surface area contributed by atoms with E-state index in [1.807, 2.05) is 13.8 Å². The molecule has 0 rings (SSSR count). The Morgan fingerprint density at radius 2 is 1.85 bits per heavy atom. The largest absolute Gasteiger partial charge is 0.377 e. The number of ether oxygens (including phenoxy) is 1. The van der Waals surface area contributed by atoms with Crippen LogP contribution in [0.25, 0.3) is 0 Å². The maximum Gasteiger partial charge on any atom is 0.0620 e. The highest BCUT2D eigenvalue weighted by Crippen LogP contribution is 2.05. The minimum atomic E-state index is 0.235. The molecule has 0 bridgehead atoms. The van der Waals surface area contributed by atoms with E-state index in [4.69, 9.17) is 10.5 Å². The molecule has 13 heavy (non-hydrogen) atoms. The van der Waals surface area contributed by atoms with Gasteiger partial charge in [-0.05, 0) is 20.3 Å². The number of unbranched alkanes of at least 4 members (excludes halogenated alkanes) is 3. The van der Waals surface area contributed by atoms with Crippen molar-refractivity contribution in [3.8, 4) is 0 Å². The van der Waals surface area contributed by atoms with Gasteiger partial charge in [-0.3, -0.25) is 0 Å². The lowest BCUT2D eigenvalue weighted by atomic mass is 10.1. The number of rotatable bonds is 8. The summed E-state index contributed by atoms with van der Waals surface area (Å²) >= 11 is 0. The molecule has 0 aliphatic rings. The second-order valence-electron chi connectivity index (χ2n) is 3.99. The van der Waals surface area contributed by atoms with Crippen molar-refractivity contribution in [1.29, 1.82) is 0 Å². The molecule has 0 aliphatic heterocycles. The highest BCUT2D eigenvalue weighted by atomic mass is 16.5. The predicted molar refractivity (Wildman–Crippen MR) is 57.8 cm³/mol. The first kappa shape index (κ1) is 12.9. The van der Waals surface area contributed by atoms with E-state index in [1.54, 1.807) is 0 Å². The van der Waals surface area contributed by atoms with Gasteiger partial charge in [-0.15, -0.1) is 0 Å². The highest BCUT2D eigenvalue weighted by molar-refractivity contribution is 4.60. The lowest BCUT2D eigenvalue weighted by Gasteiger charge is -2.13. The first-order valence-corrected chi connectivity index (χ1v) is 5.54. The monoisotopic (exact) mass is 187 g/mol. The summed E-state index contributed by atoms with van der Waals surface area (Å²) < 4.78 is 5.44. The smallest absolute Gasteiger partial charge is 0.0620 e. The molecule has 0 aromatic rings. The van der Waals surface area contributed by atoms with Crippen LogP contribution < -0.4 is 5.73 Å². The summed E-state index contributed by atoms with van der Waals surface area (Å²) in [6.07, 6.45) is 6.59. The van der Waals surface area contributed by atoms with Crippen molar-refractivity contribution in [3.63, 3.8) is 0 Å². The van der Waals surface area contributed by atoms with Crippen LogP contribution in [0.15, 0.2) is 0 Å². The predicted octanol–water partition coefficient (Wildman–Crippen LogP) is 2.71. The van der Waals surface area contributed by atoms with Crippen LogP contribution in [0.2, 0.25) is 0 Å². The van der Waals surface area contributed by atoms with Crippen molar-refractivity contribution < 1.29 is 4.74 Å². The van der Waals surface area contributed by atoms with E-state index in [0.29, 0.717) is 12.7 Å². The molecule has 1 atom stereocenters. The fraction of sp³-hybridized carbons (Fsp3) is 1.00. The molecule has 2 N–H and O–H groups in total.